The highest BCUT2D eigenvalue weighted by Gasteiger charge is 2.40. The number of halogens is 1. The SMILES string of the molecule is COC(=O)NC(=N)Nc1ccc(C(=O)NC(Cc2ccc(OC)cc2)C(=O)N2CCN(CC(=O)O)C(=O)C2CCCNC(=O)c2ccc(NC(=N)N)cc2)cc1.Cl. The van der Waals surface area contributed by atoms with E-state index in [0.717, 1.165) is 7.11 Å². The zero-order valence-corrected chi connectivity index (χ0v) is 31.9. The first-order valence-corrected chi connectivity index (χ1v) is 17.3. The second-order valence-electron chi connectivity index (χ2n) is 12.5. The molecule has 19 nitrogen and oxygen atoms in total. The highest BCUT2D eigenvalue weighted by Crippen LogP contribution is 2.21. The van der Waals surface area contributed by atoms with Crippen molar-refractivity contribution in [2.24, 2.45) is 5.73 Å². The van der Waals surface area contributed by atoms with E-state index in [-0.39, 0.29) is 68.8 Å². The predicted molar refractivity (Wildman–Crippen MR) is 212 cm³/mol. The second kappa shape index (κ2) is 21.3. The zero-order chi connectivity index (χ0) is 40.8. The van der Waals surface area contributed by atoms with E-state index in [1.165, 1.54) is 41.2 Å². The topological polar surface area (TPSA) is 281 Å². The van der Waals surface area contributed by atoms with Crippen LogP contribution in [0.25, 0.3) is 0 Å². The van der Waals surface area contributed by atoms with Gasteiger partial charge in [0.15, 0.2) is 5.96 Å². The molecular weight excluding hydrogens is 764 g/mol. The maximum Gasteiger partial charge on any atom is 0.413 e. The smallest absolute Gasteiger partial charge is 0.413 e. The zero-order valence-electron chi connectivity index (χ0n) is 31.1. The van der Waals surface area contributed by atoms with E-state index in [1.807, 2.05) is 0 Å². The maximum atomic E-state index is 14.4. The van der Waals surface area contributed by atoms with E-state index in [2.05, 4.69) is 31.3 Å². The summed E-state index contributed by atoms with van der Waals surface area (Å²) < 4.78 is 9.72. The summed E-state index contributed by atoms with van der Waals surface area (Å²) in [6, 6.07) is 16.9. The van der Waals surface area contributed by atoms with Crippen LogP contribution in [0.5, 0.6) is 5.75 Å². The van der Waals surface area contributed by atoms with Gasteiger partial charge in [0.25, 0.3) is 11.8 Å². The van der Waals surface area contributed by atoms with Crippen molar-refractivity contribution in [3.05, 3.63) is 89.5 Å². The van der Waals surface area contributed by atoms with Gasteiger partial charge in [-0.2, -0.15) is 0 Å². The molecule has 0 saturated carbocycles. The third kappa shape index (κ3) is 13.1. The van der Waals surface area contributed by atoms with Crippen LogP contribution in [0.1, 0.15) is 39.1 Å². The molecule has 2 unspecified atom stereocenters. The van der Waals surface area contributed by atoms with Crippen LogP contribution < -0.4 is 37.1 Å². The Morgan fingerprint density at radius 1 is 0.877 bits per heavy atom. The number of methoxy groups -OCH3 is 2. The highest BCUT2D eigenvalue weighted by atomic mass is 35.5. The van der Waals surface area contributed by atoms with Crippen molar-refractivity contribution in [2.75, 3.05) is 51.0 Å². The molecule has 304 valence electrons. The summed E-state index contributed by atoms with van der Waals surface area (Å²) in [4.78, 5) is 80.0. The molecule has 1 heterocycles. The number of alkyl carbamates (subject to hydrolysis) is 1. The molecule has 10 N–H and O–H groups in total. The Kier molecular flexibility index (Phi) is 16.6. The number of piperazine rings is 1. The van der Waals surface area contributed by atoms with E-state index in [4.69, 9.17) is 21.3 Å². The van der Waals surface area contributed by atoms with Crippen molar-refractivity contribution < 1.29 is 43.3 Å². The van der Waals surface area contributed by atoms with Gasteiger partial charge >= 0.3 is 12.1 Å². The van der Waals surface area contributed by atoms with E-state index in [0.29, 0.717) is 28.3 Å². The van der Waals surface area contributed by atoms with E-state index < -0.39 is 54.3 Å². The van der Waals surface area contributed by atoms with Crippen LogP contribution in [0, 0.1) is 10.8 Å². The normalized spacial score (nSPS) is 13.9. The standard InChI is InChI=1S/C37H44N10O9.ClH/c1-55-27-15-5-22(6-16-27)20-28(44-32(51)24-9-13-26(14-10-24)43-36(40)45-37(54)56-2)33(52)47-19-18-46(21-30(48)49)34(53)29(47)4-3-17-41-31(50)23-7-11-25(12-8-23)42-35(38)39;/h5-16,28-29H,3-4,17-21H2,1-2H3,(H,41,50)(H,44,51)(H,48,49)(H4,38,39,42)(H3,40,43,45,54);1H. The number of carboxylic acid groups (broad SMARTS) is 1. The van der Waals surface area contributed by atoms with Gasteiger partial charge in [-0.15, -0.1) is 12.4 Å². The number of aliphatic carboxylic acids is 1. The van der Waals surface area contributed by atoms with Crippen LogP contribution >= 0.6 is 12.4 Å². The molecule has 1 aliphatic heterocycles. The first kappa shape index (κ1) is 44.5. The highest BCUT2D eigenvalue weighted by molar-refractivity contribution is 6.02. The predicted octanol–water partition coefficient (Wildman–Crippen LogP) is 1.80. The Labute approximate surface area is 334 Å². The average Bonchev–Trinajstić information content (AvgIpc) is 3.17. The largest absolute Gasteiger partial charge is 0.497 e. The first-order valence-electron chi connectivity index (χ1n) is 17.3. The number of benzene rings is 3. The summed E-state index contributed by atoms with van der Waals surface area (Å²) in [7, 11) is 2.67. The number of carbonyl (C=O) groups excluding carboxylic acids is 5. The van der Waals surface area contributed by atoms with Crippen LogP contribution in [0.15, 0.2) is 72.8 Å². The quantitative estimate of drug-likeness (QED) is 0.0604. The number of rotatable bonds is 15. The molecule has 20 heteroatoms. The summed E-state index contributed by atoms with van der Waals surface area (Å²) in [5.74, 6) is -3.37. The van der Waals surface area contributed by atoms with Gasteiger partial charge in [0, 0.05) is 48.6 Å². The Balaban J connectivity index is 0.00000870. The second-order valence-corrected chi connectivity index (χ2v) is 12.5. The molecule has 0 spiro atoms. The number of hydrogen-bond donors (Lipinski definition) is 9. The van der Waals surface area contributed by atoms with Gasteiger partial charge in [-0.05, 0) is 79.1 Å². The van der Waals surface area contributed by atoms with E-state index in [9.17, 15) is 33.9 Å². The van der Waals surface area contributed by atoms with Crippen LogP contribution in [0.3, 0.4) is 0 Å². The summed E-state index contributed by atoms with van der Waals surface area (Å²) in [6.45, 7) is -0.476. The molecule has 0 radical (unpaired) electrons. The number of anilines is 2. The van der Waals surface area contributed by atoms with Gasteiger partial charge in [0.05, 0.1) is 14.2 Å². The van der Waals surface area contributed by atoms with Crippen LogP contribution in [-0.2, 0) is 25.5 Å². The molecule has 0 aliphatic carbocycles. The van der Waals surface area contributed by atoms with Crippen molar-refractivity contribution in [3.63, 3.8) is 0 Å². The Bertz CT molecular complexity index is 1930. The summed E-state index contributed by atoms with van der Waals surface area (Å²) >= 11 is 0. The van der Waals surface area contributed by atoms with E-state index in [1.54, 1.807) is 48.5 Å². The molecule has 57 heavy (non-hydrogen) atoms. The number of carbonyl (C=O) groups is 6. The fourth-order valence-corrected chi connectivity index (χ4v) is 5.83. The molecule has 0 bridgehead atoms. The number of nitrogens with one attached hydrogen (secondary N) is 7. The molecule has 1 aliphatic rings. The lowest BCUT2D eigenvalue weighted by Crippen LogP contribution is -2.63. The van der Waals surface area contributed by atoms with Gasteiger partial charge in [0.2, 0.25) is 17.8 Å². The van der Waals surface area contributed by atoms with Crippen molar-refractivity contribution in [1.82, 2.24) is 25.8 Å². The lowest BCUT2D eigenvalue weighted by Gasteiger charge is -2.41. The molecule has 1 saturated heterocycles. The summed E-state index contributed by atoms with van der Waals surface area (Å²) in [5, 5.41) is 37.6. The lowest BCUT2D eigenvalue weighted by atomic mass is 9.99. The minimum Gasteiger partial charge on any atom is -0.497 e. The molecular formula is C37H45ClN10O9. The van der Waals surface area contributed by atoms with Crippen molar-refractivity contribution in [2.45, 2.75) is 31.3 Å². The minimum atomic E-state index is -1.21. The van der Waals surface area contributed by atoms with Gasteiger partial charge in [-0.1, -0.05) is 12.1 Å². The Hall–Kier alpha value is -6.89. The van der Waals surface area contributed by atoms with Gasteiger partial charge in [0.1, 0.15) is 24.4 Å². The Morgan fingerprint density at radius 2 is 1.47 bits per heavy atom. The van der Waals surface area contributed by atoms with Gasteiger partial charge in [-0.25, -0.2) is 4.79 Å². The maximum absolute atomic E-state index is 14.4. The summed E-state index contributed by atoms with van der Waals surface area (Å²) in [6.07, 6.45) is -0.468. The number of hydrogen-bond acceptors (Lipinski definition) is 10. The molecule has 3 aromatic carbocycles. The molecule has 3 aromatic rings. The summed E-state index contributed by atoms with van der Waals surface area (Å²) in [5.41, 5.74) is 7.45. The van der Waals surface area contributed by atoms with Crippen molar-refractivity contribution in [3.8, 4) is 5.75 Å². The average molecular weight is 809 g/mol. The first-order chi connectivity index (χ1) is 26.8. The monoisotopic (exact) mass is 808 g/mol. The minimum absolute atomic E-state index is 0. The van der Waals surface area contributed by atoms with Crippen LogP contribution in [-0.4, -0.2) is 115 Å². The number of nitrogens with zero attached hydrogens (tertiary/aromatic N) is 2. The van der Waals surface area contributed by atoms with Gasteiger partial charge in [-0.3, -0.25) is 40.1 Å². The lowest BCUT2D eigenvalue weighted by molar-refractivity contribution is -0.156. The fourth-order valence-electron chi connectivity index (χ4n) is 5.83. The number of carboxylic acids is 1. The molecule has 5 amide bonds. The Morgan fingerprint density at radius 3 is 2.04 bits per heavy atom. The molecule has 2 atom stereocenters. The number of ether oxygens (including phenoxy) is 2. The molecule has 0 aromatic heterocycles. The van der Waals surface area contributed by atoms with Crippen molar-refractivity contribution >= 4 is 71.4 Å². The third-order valence-corrected chi connectivity index (χ3v) is 8.59. The van der Waals surface area contributed by atoms with Crippen molar-refractivity contribution in [1.29, 1.82) is 10.8 Å². The van der Waals surface area contributed by atoms with Crippen LogP contribution in [0.4, 0.5) is 16.2 Å². The molecule has 4 rings (SSSR count). The third-order valence-electron chi connectivity index (χ3n) is 8.59. The fraction of sp³-hybridized carbons (Fsp3) is 0.297. The number of amides is 5. The van der Waals surface area contributed by atoms with Gasteiger partial charge < -0.3 is 51.4 Å². The number of nitrogens with two attached hydrogens (primary N) is 1. The van der Waals surface area contributed by atoms with E-state index >= 15 is 0 Å². The van der Waals surface area contributed by atoms with Crippen LogP contribution in [0.2, 0.25) is 0 Å². The molecule has 1 fully saturated rings. The number of guanidine groups is 2.